The number of carbonyl (C=O) groups excluding carboxylic acids is 5. The number of carboxylic acids is 1. The van der Waals surface area contributed by atoms with Crippen molar-refractivity contribution in [3.63, 3.8) is 0 Å². The van der Waals surface area contributed by atoms with E-state index in [1.807, 2.05) is 13.0 Å². The molecule has 0 aromatic carbocycles. The summed E-state index contributed by atoms with van der Waals surface area (Å²) in [6.45, 7) is 3.64. The average Bonchev–Trinajstić information content (AvgIpc) is 3.17. The van der Waals surface area contributed by atoms with Crippen LogP contribution in [0.4, 0.5) is 0 Å². The van der Waals surface area contributed by atoms with E-state index in [9.17, 15) is 33.9 Å². The maximum Gasteiger partial charge on any atom is 0.326 e. The molecule has 0 bridgehead atoms. The van der Waals surface area contributed by atoms with E-state index in [1.165, 1.54) is 5.57 Å². The molecular weight excluding hydrogens is 520 g/mol. The van der Waals surface area contributed by atoms with Crippen molar-refractivity contribution in [1.29, 1.82) is 0 Å². The Kier molecular flexibility index (Phi) is 8.27. The van der Waals surface area contributed by atoms with Crippen LogP contribution in [0.3, 0.4) is 0 Å². The third-order valence-corrected chi connectivity index (χ3v) is 10.5. The van der Waals surface area contributed by atoms with Crippen LogP contribution in [-0.4, -0.2) is 63.8 Å². The summed E-state index contributed by atoms with van der Waals surface area (Å²) in [6, 6.07) is -1.50. The van der Waals surface area contributed by atoms with Gasteiger partial charge in [-0.3, -0.25) is 24.0 Å². The fraction of sp³-hybridized carbons (Fsp3) is 0.724. The lowest BCUT2D eigenvalue weighted by molar-refractivity contribution is -0.170. The van der Waals surface area contributed by atoms with E-state index in [0.29, 0.717) is 37.5 Å². The first-order valence-corrected chi connectivity index (χ1v) is 14.2. The van der Waals surface area contributed by atoms with Crippen molar-refractivity contribution in [2.24, 2.45) is 34.3 Å². The minimum Gasteiger partial charge on any atom is -0.480 e. The number of amides is 2. The number of ether oxygens (including phenoxy) is 1. The van der Waals surface area contributed by atoms with Crippen LogP contribution >= 0.6 is 0 Å². The van der Waals surface area contributed by atoms with Gasteiger partial charge in [0, 0.05) is 18.3 Å². The Morgan fingerprint density at radius 3 is 2.42 bits per heavy atom. The predicted molar refractivity (Wildman–Crippen MR) is 140 cm³/mol. The summed E-state index contributed by atoms with van der Waals surface area (Å²) in [4.78, 5) is 71.8. The molecule has 0 aliphatic heterocycles. The van der Waals surface area contributed by atoms with E-state index in [4.69, 9.17) is 15.6 Å². The zero-order valence-electron chi connectivity index (χ0n) is 23.2. The van der Waals surface area contributed by atoms with Crippen LogP contribution < -0.4 is 11.1 Å². The van der Waals surface area contributed by atoms with E-state index in [0.717, 1.165) is 25.7 Å². The monoisotopic (exact) mass is 560 g/mol. The van der Waals surface area contributed by atoms with Gasteiger partial charge in [-0.15, -0.1) is 0 Å². The fourth-order valence-corrected chi connectivity index (χ4v) is 8.25. The Bertz CT molecular complexity index is 1150. The van der Waals surface area contributed by atoms with Gasteiger partial charge < -0.3 is 26.0 Å². The molecule has 0 heterocycles. The number of hydrogen-bond acceptors (Lipinski definition) is 8. The van der Waals surface area contributed by atoms with E-state index < -0.39 is 72.5 Å². The number of carboxylic acid groups (broad SMARTS) is 1. The topological polar surface area (TPSA) is 190 Å². The predicted octanol–water partition coefficient (Wildman–Crippen LogP) is 1.59. The van der Waals surface area contributed by atoms with E-state index >= 15 is 0 Å². The summed E-state index contributed by atoms with van der Waals surface area (Å²) in [7, 11) is 0. The number of aliphatic carboxylic acids is 1. The van der Waals surface area contributed by atoms with Crippen molar-refractivity contribution in [3.8, 4) is 0 Å². The molecule has 11 heteroatoms. The van der Waals surface area contributed by atoms with Gasteiger partial charge in [0.25, 0.3) is 0 Å². The van der Waals surface area contributed by atoms with Crippen LogP contribution in [0, 0.1) is 28.6 Å². The summed E-state index contributed by atoms with van der Waals surface area (Å²) in [5.41, 5.74) is 3.95. The minimum atomic E-state index is -1.62. The third kappa shape index (κ3) is 5.32. The highest BCUT2D eigenvalue weighted by molar-refractivity contribution is 5.92. The molecule has 7 atom stereocenters. The van der Waals surface area contributed by atoms with Crippen LogP contribution in [0.1, 0.15) is 84.5 Å². The molecule has 0 saturated heterocycles. The quantitative estimate of drug-likeness (QED) is 0.287. The van der Waals surface area contributed by atoms with Gasteiger partial charge in [-0.05, 0) is 74.2 Å². The Morgan fingerprint density at radius 2 is 1.75 bits per heavy atom. The smallest absolute Gasteiger partial charge is 0.326 e. The van der Waals surface area contributed by atoms with Crippen molar-refractivity contribution in [2.75, 3.05) is 6.61 Å². The van der Waals surface area contributed by atoms with Gasteiger partial charge in [-0.1, -0.05) is 19.4 Å². The second-order valence-electron chi connectivity index (χ2n) is 12.5. The van der Waals surface area contributed by atoms with E-state index in [1.54, 1.807) is 0 Å². The third-order valence-electron chi connectivity index (χ3n) is 10.5. The standard InChI is InChI=1S/C29H40N2O9/c1-27-10-7-17(32)13-16(27)3-4-18-19(27)8-11-28(2)20(18)9-12-29(28,39)22(33)15-40-25(36)6-5-24(35)31-21(26(37)38)14-23(30)34/h13,18-21,39H,3-12,14-15H2,1-2H3,(H2,30,34)(H,31,35)(H,37,38)/t18-,19+,20-,21-,27-,28-,29-/m0/s1. The summed E-state index contributed by atoms with van der Waals surface area (Å²) in [6.07, 6.45) is 6.21. The Balaban J connectivity index is 1.33. The van der Waals surface area contributed by atoms with Gasteiger partial charge in [0.1, 0.15) is 11.6 Å². The maximum absolute atomic E-state index is 13.3. The first-order valence-electron chi connectivity index (χ1n) is 14.2. The van der Waals surface area contributed by atoms with E-state index in [2.05, 4.69) is 12.2 Å². The molecule has 4 aliphatic carbocycles. The number of Topliss-reactive ketones (excluding diaryl/α,β-unsaturated/α-hetero) is 1. The van der Waals surface area contributed by atoms with Crippen LogP contribution in [0.25, 0.3) is 0 Å². The van der Waals surface area contributed by atoms with Crippen molar-refractivity contribution >= 4 is 35.3 Å². The summed E-state index contributed by atoms with van der Waals surface area (Å²) in [5.74, 6) is -3.38. The molecule has 0 aromatic rings. The van der Waals surface area contributed by atoms with Gasteiger partial charge in [-0.25, -0.2) is 4.79 Å². The van der Waals surface area contributed by atoms with Crippen molar-refractivity contribution in [3.05, 3.63) is 11.6 Å². The SMILES string of the molecule is C[C@]12CCC(=O)C=C1CC[C@H]1[C@H]2CC[C@@]2(C)[C@H]1CC[C@]2(O)C(=O)COC(=O)CCC(=O)N[C@@H](CC(N)=O)C(=O)O. The second kappa shape index (κ2) is 11.1. The number of rotatable bonds is 10. The van der Waals surface area contributed by atoms with E-state index in [-0.39, 0.29) is 17.1 Å². The van der Waals surface area contributed by atoms with Gasteiger partial charge in [-0.2, -0.15) is 0 Å². The van der Waals surface area contributed by atoms with Gasteiger partial charge in [0.15, 0.2) is 12.4 Å². The van der Waals surface area contributed by atoms with Crippen LogP contribution in [0.2, 0.25) is 0 Å². The summed E-state index contributed by atoms with van der Waals surface area (Å²) in [5, 5.41) is 22.9. The zero-order chi connectivity index (χ0) is 29.5. The lowest BCUT2D eigenvalue weighted by Gasteiger charge is -2.58. The average molecular weight is 561 g/mol. The normalized spacial score (nSPS) is 35.3. The van der Waals surface area contributed by atoms with Gasteiger partial charge in [0.2, 0.25) is 17.6 Å². The number of nitrogens with two attached hydrogens (primary N) is 1. The number of carbonyl (C=O) groups is 6. The number of fused-ring (bicyclic) bond motifs is 5. The van der Waals surface area contributed by atoms with Crippen LogP contribution in [-0.2, 0) is 33.5 Å². The molecule has 0 unspecified atom stereocenters. The maximum atomic E-state index is 13.3. The summed E-state index contributed by atoms with van der Waals surface area (Å²) >= 11 is 0. The molecule has 40 heavy (non-hydrogen) atoms. The molecule has 4 aliphatic rings. The fourth-order valence-electron chi connectivity index (χ4n) is 8.25. The molecule has 220 valence electrons. The van der Waals surface area contributed by atoms with Gasteiger partial charge >= 0.3 is 11.9 Å². The number of hydrogen-bond donors (Lipinski definition) is 4. The van der Waals surface area contributed by atoms with Crippen LogP contribution in [0.15, 0.2) is 11.6 Å². The van der Waals surface area contributed by atoms with Crippen molar-refractivity contribution < 1.29 is 43.7 Å². The highest BCUT2D eigenvalue weighted by Crippen LogP contribution is 2.67. The molecule has 0 spiro atoms. The molecule has 3 saturated carbocycles. The Morgan fingerprint density at radius 1 is 1.05 bits per heavy atom. The largest absolute Gasteiger partial charge is 0.480 e. The zero-order valence-corrected chi connectivity index (χ0v) is 23.2. The van der Waals surface area contributed by atoms with Crippen molar-refractivity contribution in [2.45, 2.75) is 96.1 Å². The number of esters is 1. The molecule has 5 N–H and O–H groups in total. The summed E-state index contributed by atoms with van der Waals surface area (Å²) < 4.78 is 5.12. The minimum absolute atomic E-state index is 0.0188. The molecule has 0 aromatic heterocycles. The second-order valence-corrected chi connectivity index (χ2v) is 12.5. The van der Waals surface area contributed by atoms with Gasteiger partial charge in [0.05, 0.1) is 12.8 Å². The number of nitrogens with one attached hydrogen (secondary N) is 1. The molecule has 3 fully saturated rings. The Hall–Kier alpha value is -3.08. The highest BCUT2D eigenvalue weighted by Gasteiger charge is 2.66. The van der Waals surface area contributed by atoms with Crippen LogP contribution in [0.5, 0.6) is 0 Å². The molecule has 11 nitrogen and oxygen atoms in total. The first kappa shape index (κ1) is 29.9. The number of primary amides is 1. The van der Waals surface area contributed by atoms with Crippen molar-refractivity contribution in [1.82, 2.24) is 5.32 Å². The Labute approximate surface area is 233 Å². The molecular formula is C29H40N2O9. The molecule has 0 radical (unpaired) electrons. The molecule has 4 rings (SSSR count). The molecule has 2 amide bonds. The number of ketones is 2. The first-order chi connectivity index (χ1) is 18.7. The highest BCUT2D eigenvalue weighted by atomic mass is 16.5. The lowest BCUT2D eigenvalue weighted by atomic mass is 9.46. The number of allylic oxidation sites excluding steroid dienone is 1. The lowest BCUT2D eigenvalue weighted by Crippen LogP contribution is -2.58. The number of aliphatic hydroxyl groups is 1.